The van der Waals surface area contributed by atoms with Crippen LogP contribution in [0.15, 0.2) is 42.0 Å². The second-order valence-electron chi connectivity index (χ2n) is 3.42. The Balaban J connectivity index is 0.00000162. The third-order valence-electron chi connectivity index (χ3n) is 2.20. The molecule has 2 rings (SSSR count). The van der Waals surface area contributed by atoms with Gasteiger partial charge in [0.25, 0.3) is 0 Å². The van der Waals surface area contributed by atoms with Gasteiger partial charge in [0.05, 0.1) is 0 Å². The first kappa shape index (κ1) is 14.4. The normalized spacial score (nSPS) is 11.0. The number of nitrogens with zero attached hydrogens (tertiary/aromatic N) is 4. The SMILES string of the molecule is C=CCNC(N)=NCc1nnc2ccccn12.I. The van der Waals surface area contributed by atoms with Crippen molar-refractivity contribution in [3.63, 3.8) is 0 Å². The Hall–Kier alpha value is -1.64. The first-order chi connectivity index (χ1) is 8.31. The molecule has 0 bridgehead atoms. The first-order valence-corrected chi connectivity index (χ1v) is 5.24. The lowest BCUT2D eigenvalue weighted by Crippen LogP contribution is -2.31. The molecule has 0 radical (unpaired) electrons. The van der Waals surface area contributed by atoms with Gasteiger partial charge in [-0.05, 0) is 12.1 Å². The minimum absolute atomic E-state index is 0. The van der Waals surface area contributed by atoms with Crippen molar-refractivity contribution in [1.82, 2.24) is 19.9 Å². The highest BCUT2D eigenvalue weighted by atomic mass is 127. The molecule has 0 saturated heterocycles. The van der Waals surface area contributed by atoms with Gasteiger partial charge < -0.3 is 11.1 Å². The number of pyridine rings is 1. The van der Waals surface area contributed by atoms with Crippen LogP contribution in [0.25, 0.3) is 5.65 Å². The highest BCUT2D eigenvalue weighted by Crippen LogP contribution is 2.03. The summed E-state index contributed by atoms with van der Waals surface area (Å²) in [4.78, 5) is 4.17. The standard InChI is InChI=1S/C11H14N6.HI/c1-2-6-13-11(12)14-8-10-16-15-9-5-3-4-7-17(9)10;/h2-5,7H,1,6,8H2,(H3,12,13,14);1H. The average molecular weight is 358 g/mol. The van der Waals surface area contributed by atoms with Crippen LogP contribution in [0.5, 0.6) is 0 Å². The fourth-order valence-electron chi connectivity index (χ4n) is 1.39. The molecule has 0 saturated carbocycles. The molecule has 0 spiro atoms. The maximum atomic E-state index is 5.65. The van der Waals surface area contributed by atoms with E-state index in [0.717, 1.165) is 11.5 Å². The van der Waals surface area contributed by atoms with Crippen LogP contribution in [0.3, 0.4) is 0 Å². The smallest absolute Gasteiger partial charge is 0.189 e. The predicted octanol–water partition coefficient (Wildman–Crippen LogP) is 0.938. The fourth-order valence-corrected chi connectivity index (χ4v) is 1.39. The van der Waals surface area contributed by atoms with E-state index in [1.165, 1.54) is 0 Å². The number of halogens is 1. The lowest BCUT2D eigenvalue weighted by Gasteiger charge is -2.01. The summed E-state index contributed by atoms with van der Waals surface area (Å²) in [5.74, 6) is 1.13. The van der Waals surface area contributed by atoms with Gasteiger partial charge in [0.1, 0.15) is 6.54 Å². The van der Waals surface area contributed by atoms with Crippen LogP contribution in [0.2, 0.25) is 0 Å². The monoisotopic (exact) mass is 358 g/mol. The van der Waals surface area contributed by atoms with Gasteiger partial charge in [-0.15, -0.1) is 40.8 Å². The minimum Gasteiger partial charge on any atom is -0.370 e. The summed E-state index contributed by atoms with van der Waals surface area (Å²) in [5.41, 5.74) is 6.46. The van der Waals surface area contributed by atoms with Gasteiger partial charge in [0.2, 0.25) is 0 Å². The Morgan fingerprint density at radius 3 is 3.11 bits per heavy atom. The maximum absolute atomic E-state index is 5.65. The van der Waals surface area contributed by atoms with Gasteiger partial charge in [0.15, 0.2) is 17.4 Å². The van der Waals surface area contributed by atoms with Crippen molar-refractivity contribution >= 4 is 35.6 Å². The third-order valence-corrected chi connectivity index (χ3v) is 2.20. The maximum Gasteiger partial charge on any atom is 0.189 e. The van der Waals surface area contributed by atoms with Crippen molar-refractivity contribution in [2.24, 2.45) is 10.7 Å². The molecule has 0 unspecified atom stereocenters. The Labute approximate surface area is 122 Å². The fraction of sp³-hybridized carbons (Fsp3) is 0.182. The molecule has 2 aromatic rings. The molecule has 6 nitrogen and oxygen atoms in total. The molecule has 0 aromatic carbocycles. The second-order valence-corrected chi connectivity index (χ2v) is 3.42. The summed E-state index contributed by atoms with van der Waals surface area (Å²) < 4.78 is 1.88. The van der Waals surface area contributed by atoms with Gasteiger partial charge in [-0.2, -0.15) is 0 Å². The first-order valence-electron chi connectivity index (χ1n) is 5.24. The summed E-state index contributed by atoms with van der Waals surface area (Å²) in [6.07, 6.45) is 3.61. The highest BCUT2D eigenvalue weighted by Gasteiger charge is 2.02. The molecule has 96 valence electrons. The molecule has 18 heavy (non-hydrogen) atoms. The van der Waals surface area contributed by atoms with E-state index in [4.69, 9.17) is 5.73 Å². The molecule has 0 aliphatic heterocycles. The predicted molar refractivity (Wildman–Crippen MR) is 81.9 cm³/mol. The Morgan fingerprint density at radius 2 is 2.33 bits per heavy atom. The topological polar surface area (TPSA) is 80.6 Å². The lowest BCUT2D eigenvalue weighted by molar-refractivity contribution is 0.867. The van der Waals surface area contributed by atoms with Gasteiger partial charge in [-0.25, -0.2) is 4.99 Å². The molecule has 3 N–H and O–H groups in total. The van der Waals surface area contributed by atoms with Crippen LogP contribution < -0.4 is 11.1 Å². The summed E-state index contributed by atoms with van der Waals surface area (Å²) in [5, 5.41) is 11.0. The zero-order valence-electron chi connectivity index (χ0n) is 9.78. The van der Waals surface area contributed by atoms with Crippen LogP contribution >= 0.6 is 24.0 Å². The van der Waals surface area contributed by atoms with Crippen molar-refractivity contribution in [3.05, 3.63) is 42.9 Å². The number of aromatic nitrogens is 3. The molecule has 2 aromatic heterocycles. The number of fused-ring (bicyclic) bond motifs is 1. The summed E-state index contributed by atoms with van der Waals surface area (Å²) in [6, 6.07) is 5.72. The summed E-state index contributed by atoms with van der Waals surface area (Å²) in [7, 11) is 0. The second kappa shape index (κ2) is 6.94. The van der Waals surface area contributed by atoms with E-state index >= 15 is 0 Å². The molecule has 0 aliphatic carbocycles. The Morgan fingerprint density at radius 1 is 1.50 bits per heavy atom. The molecular formula is C11H15IN6. The van der Waals surface area contributed by atoms with Gasteiger partial charge >= 0.3 is 0 Å². The number of aliphatic imine (C=N–C) groups is 1. The third kappa shape index (κ3) is 3.42. The van der Waals surface area contributed by atoms with Crippen molar-refractivity contribution < 1.29 is 0 Å². The van der Waals surface area contributed by atoms with Gasteiger partial charge in [-0.3, -0.25) is 4.40 Å². The minimum atomic E-state index is 0. The largest absolute Gasteiger partial charge is 0.370 e. The van der Waals surface area contributed by atoms with Crippen molar-refractivity contribution in [1.29, 1.82) is 0 Å². The van der Waals surface area contributed by atoms with Crippen LogP contribution in [0, 0.1) is 0 Å². The Bertz CT molecular complexity index is 547. The van der Waals surface area contributed by atoms with E-state index < -0.39 is 0 Å². The average Bonchev–Trinajstić information content (AvgIpc) is 2.77. The number of nitrogens with two attached hydrogens (primary N) is 1. The lowest BCUT2D eigenvalue weighted by atomic mass is 10.4. The van der Waals surface area contributed by atoms with Crippen molar-refractivity contribution in [3.8, 4) is 0 Å². The van der Waals surface area contributed by atoms with E-state index in [1.807, 2.05) is 28.8 Å². The number of guanidine groups is 1. The number of rotatable bonds is 4. The quantitative estimate of drug-likeness (QED) is 0.369. The van der Waals surface area contributed by atoms with E-state index in [9.17, 15) is 0 Å². The van der Waals surface area contributed by atoms with Crippen LogP contribution in [0.4, 0.5) is 0 Å². The summed E-state index contributed by atoms with van der Waals surface area (Å²) >= 11 is 0. The van der Waals surface area contributed by atoms with E-state index in [1.54, 1.807) is 6.08 Å². The molecular weight excluding hydrogens is 343 g/mol. The molecule has 2 heterocycles. The van der Waals surface area contributed by atoms with Crippen LogP contribution in [-0.2, 0) is 6.54 Å². The van der Waals surface area contributed by atoms with Gasteiger partial charge in [0, 0.05) is 12.7 Å². The van der Waals surface area contributed by atoms with E-state index in [2.05, 4.69) is 27.1 Å². The van der Waals surface area contributed by atoms with E-state index in [-0.39, 0.29) is 24.0 Å². The van der Waals surface area contributed by atoms with Crippen LogP contribution in [-0.4, -0.2) is 27.1 Å². The molecule has 0 fully saturated rings. The number of hydrogen-bond acceptors (Lipinski definition) is 3. The van der Waals surface area contributed by atoms with Gasteiger partial charge in [-0.1, -0.05) is 12.1 Å². The van der Waals surface area contributed by atoms with Crippen molar-refractivity contribution in [2.45, 2.75) is 6.54 Å². The molecule has 0 amide bonds. The molecule has 7 heteroatoms. The zero-order chi connectivity index (χ0) is 12.1. The summed E-state index contributed by atoms with van der Waals surface area (Å²) in [6.45, 7) is 4.57. The van der Waals surface area contributed by atoms with Crippen molar-refractivity contribution in [2.75, 3.05) is 6.54 Å². The highest BCUT2D eigenvalue weighted by molar-refractivity contribution is 14.0. The number of hydrogen-bond donors (Lipinski definition) is 2. The molecule has 0 atom stereocenters. The zero-order valence-corrected chi connectivity index (χ0v) is 12.1. The number of nitrogens with one attached hydrogen (secondary N) is 1. The van der Waals surface area contributed by atoms with Crippen LogP contribution in [0.1, 0.15) is 5.82 Å². The van der Waals surface area contributed by atoms with E-state index in [0.29, 0.717) is 19.0 Å². The Kier molecular flexibility index (Phi) is 5.56. The molecule has 0 aliphatic rings.